The minimum absolute atomic E-state index is 0.190. The van der Waals surface area contributed by atoms with Crippen molar-refractivity contribution in [2.24, 2.45) is 0 Å². The second-order valence-corrected chi connectivity index (χ2v) is 7.04. The van der Waals surface area contributed by atoms with Crippen LogP contribution in [0.4, 0.5) is 5.82 Å². The van der Waals surface area contributed by atoms with Crippen LogP contribution in [0.2, 0.25) is 0 Å². The number of methoxy groups -OCH3 is 1. The molecule has 1 rings (SSSR count). The number of likely N-dealkylation sites (N-methyl/N-ethyl adjacent to an activating group) is 1. The number of sulfonamides is 1. The molecule has 0 aliphatic carbocycles. The van der Waals surface area contributed by atoms with Crippen LogP contribution in [0.15, 0.2) is 23.2 Å². The molecule has 1 aromatic rings. The number of rotatable bonds is 9. The predicted molar refractivity (Wildman–Crippen MR) is 83.0 cm³/mol. The molecule has 0 amide bonds. The minimum atomic E-state index is -3.42. The van der Waals surface area contributed by atoms with Crippen LogP contribution < -0.4 is 5.32 Å². The van der Waals surface area contributed by atoms with Crippen LogP contribution in [0.5, 0.6) is 0 Å². The normalized spacial score (nSPS) is 12.1. The molecule has 0 aliphatic heterocycles. The average Bonchev–Trinajstić information content (AvgIpc) is 2.45. The summed E-state index contributed by atoms with van der Waals surface area (Å²) in [6.07, 6.45) is 1.37. The van der Waals surface area contributed by atoms with Crippen molar-refractivity contribution in [1.29, 1.82) is 0 Å². The lowest BCUT2D eigenvalue weighted by Gasteiger charge is -2.16. The highest BCUT2D eigenvalue weighted by Gasteiger charge is 2.17. The third-order valence-electron chi connectivity index (χ3n) is 2.99. The van der Waals surface area contributed by atoms with Gasteiger partial charge in [0, 0.05) is 47.0 Å². The van der Waals surface area contributed by atoms with E-state index in [0.717, 1.165) is 19.6 Å². The number of hydrogen-bond donors (Lipinski definition) is 1. The largest absolute Gasteiger partial charge is 0.383 e. The van der Waals surface area contributed by atoms with Gasteiger partial charge in [-0.25, -0.2) is 17.7 Å². The Morgan fingerprint density at radius 2 is 1.95 bits per heavy atom. The van der Waals surface area contributed by atoms with Gasteiger partial charge in [0.1, 0.15) is 10.7 Å². The number of aromatic nitrogens is 1. The maximum absolute atomic E-state index is 11.9. The van der Waals surface area contributed by atoms with Gasteiger partial charge in [0.15, 0.2) is 0 Å². The first-order valence-electron chi connectivity index (χ1n) is 6.68. The summed E-state index contributed by atoms with van der Waals surface area (Å²) in [5.41, 5.74) is 0. The molecule has 0 atom stereocenters. The number of ether oxygens (including phenoxy) is 1. The van der Waals surface area contributed by atoms with Gasteiger partial charge in [-0.05, 0) is 19.2 Å². The van der Waals surface area contributed by atoms with E-state index in [4.69, 9.17) is 4.74 Å². The molecule has 0 fully saturated rings. The van der Waals surface area contributed by atoms with E-state index in [9.17, 15) is 8.42 Å². The van der Waals surface area contributed by atoms with Crippen molar-refractivity contribution in [1.82, 2.24) is 14.2 Å². The van der Waals surface area contributed by atoms with Gasteiger partial charge in [0.05, 0.1) is 6.61 Å². The standard InChI is InChI=1S/C13H24N4O3S/c1-16(2)21(18,19)12-5-6-13(15-11-12)14-7-8-17(3)9-10-20-4/h5-6,11H,7-10H2,1-4H3,(H,14,15). The first-order valence-corrected chi connectivity index (χ1v) is 8.12. The van der Waals surface area contributed by atoms with E-state index in [1.54, 1.807) is 19.2 Å². The first-order chi connectivity index (χ1) is 9.87. The molecule has 1 heterocycles. The van der Waals surface area contributed by atoms with Gasteiger partial charge in [-0.2, -0.15) is 0 Å². The van der Waals surface area contributed by atoms with E-state index >= 15 is 0 Å². The quantitative estimate of drug-likeness (QED) is 0.707. The topological polar surface area (TPSA) is 74.8 Å². The SMILES string of the molecule is COCCN(C)CCNc1ccc(S(=O)(=O)N(C)C)cn1. The summed E-state index contributed by atoms with van der Waals surface area (Å²) in [6, 6.07) is 3.23. The lowest BCUT2D eigenvalue weighted by atomic mass is 10.4. The molecule has 21 heavy (non-hydrogen) atoms. The number of pyridine rings is 1. The van der Waals surface area contributed by atoms with Gasteiger partial charge < -0.3 is 15.0 Å². The molecular formula is C13H24N4O3S. The van der Waals surface area contributed by atoms with E-state index in [1.807, 2.05) is 7.05 Å². The molecule has 0 spiro atoms. The molecule has 0 unspecified atom stereocenters. The van der Waals surface area contributed by atoms with Gasteiger partial charge in [0.2, 0.25) is 10.0 Å². The van der Waals surface area contributed by atoms with Crippen molar-refractivity contribution in [2.75, 3.05) is 59.8 Å². The van der Waals surface area contributed by atoms with Gasteiger partial charge in [0.25, 0.3) is 0 Å². The van der Waals surface area contributed by atoms with Crippen molar-refractivity contribution < 1.29 is 13.2 Å². The van der Waals surface area contributed by atoms with E-state index in [1.165, 1.54) is 24.6 Å². The summed E-state index contributed by atoms with van der Waals surface area (Å²) in [5.74, 6) is 0.660. The highest BCUT2D eigenvalue weighted by atomic mass is 32.2. The molecule has 0 bridgehead atoms. The summed E-state index contributed by atoms with van der Waals surface area (Å²) < 4.78 is 30.0. The lowest BCUT2D eigenvalue weighted by molar-refractivity contribution is 0.163. The molecule has 7 nitrogen and oxygen atoms in total. The van der Waals surface area contributed by atoms with Crippen LogP contribution in [-0.4, -0.2) is 77.1 Å². The van der Waals surface area contributed by atoms with E-state index in [0.29, 0.717) is 12.4 Å². The van der Waals surface area contributed by atoms with Gasteiger partial charge in [-0.1, -0.05) is 0 Å². The number of anilines is 1. The zero-order chi connectivity index (χ0) is 15.9. The molecule has 1 N–H and O–H groups in total. The molecule has 1 aromatic heterocycles. The second kappa shape index (κ2) is 8.28. The van der Waals surface area contributed by atoms with E-state index < -0.39 is 10.0 Å². The zero-order valence-corrected chi connectivity index (χ0v) is 13.9. The van der Waals surface area contributed by atoms with Gasteiger partial charge in [-0.3, -0.25) is 0 Å². The molecule has 8 heteroatoms. The highest BCUT2D eigenvalue weighted by molar-refractivity contribution is 7.89. The molecule has 0 aromatic carbocycles. The Morgan fingerprint density at radius 1 is 1.24 bits per heavy atom. The number of nitrogens with zero attached hydrogens (tertiary/aromatic N) is 3. The Bertz CT molecular complexity index is 517. The third-order valence-corrected chi connectivity index (χ3v) is 4.79. The Hall–Kier alpha value is -1.22. The van der Waals surface area contributed by atoms with Crippen molar-refractivity contribution in [3.05, 3.63) is 18.3 Å². The summed E-state index contributed by atoms with van der Waals surface area (Å²) in [4.78, 5) is 6.46. The van der Waals surface area contributed by atoms with Crippen molar-refractivity contribution in [2.45, 2.75) is 4.90 Å². The molecule has 0 saturated carbocycles. The van der Waals surface area contributed by atoms with Crippen LogP contribution in [0.1, 0.15) is 0 Å². The van der Waals surface area contributed by atoms with Crippen molar-refractivity contribution >= 4 is 15.8 Å². The van der Waals surface area contributed by atoms with Crippen LogP contribution >= 0.6 is 0 Å². The summed E-state index contributed by atoms with van der Waals surface area (Å²) in [6.45, 7) is 3.15. The monoisotopic (exact) mass is 316 g/mol. The predicted octanol–water partition coefficient (Wildman–Crippen LogP) is 0.322. The molecule has 120 valence electrons. The van der Waals surface area contributed by atoms with Gasteiger partial charge in [-0.15, -0.1) is 0 Å². The molecular weight excluding hydrogens is 292 g/mol. The Morgan fingerprint density at radius 3 is 2.48 bits per heavy atom. The smallest absolute Gasteiger partial charge is 0.244 e. The second-order valence-electron chi connectivity index (χ2n) is 4.89. The van der Waals surface area contributed by atoms with Crippen molar-refractivity contribution in [3.8, 4) is 0 Å². The summed E-state index contributed by atoms with van der Waals surface area (Å²) in [5, 5.41) is 3.16. The highest BCUT2D eigenvalue weighted by Crippen LogP contribution is 2.13. The fourth-order valence-corrected chi connectivity index (χ4v) is 2.43. The Labute approximate surface area is 127 Å². The number of nitrogens with one attached hydrogen (secondary N) is 1. The fraction of sp³-hybridized carbons (Fsp3) is 0.615. The lowest BCUT2D eigenvalue weighted by Crippen LogP contribution is -2.28. The number of hydrogen-bond acceptors (Lipinski definition) is 6. The van der Waals surface area contributed by atoms with Crippen molar-refractivity contribution in [3.63, 3.8) is 0 Å². The average molecular weight is 316 g/mol. The summed E-state index contributed by atoms with van der Waals surface area (Å²) in [7, 11) is 3.27. The Balaban J connectivity index is 2.49. The van der Waals surface area contributed by atoms with Crippen LogP contribution in [0.25, 0.3) is 0 Å². The molecule has 0 saturated heterocycles. The third kappa shape index (κ3) is 5.58. The van der Waals surface area contributed by atoms with Gasteiger partial charge >= 0.3 is 0 Å². The maximum Gasteiger partial charge on any atom is 0.244 e. The van der Waals surface area contributed by atoms with Crippen LogP contribution in [0.3, 0.4) is 0 Å². The van der Waals surface area contributed by atoms with E-state index in [2.05, 4.69) is 15.2 Å². The van der Waals surface area contributed by atoms with E-state index in [-0.39, 0.29) is 4.90 Å². The van der Waals surface area contributed by atoms with Crippen LogP contribution in [0, 0.1) is 0 Å². The zero-order valence-electron chi connectivity index (χ0n) is 13.0. The molecule has 0 aliphatic rings. The van der Waals surface area contributed by atoms with Crippen LogP contribution in [-0.2, 0) is 14.8 Å². The molecule has 0 radical (unpaired) electrons. The Kier molecular flexibility index (Phi) is 7.03. The first kappa shape index (κ1) is 17.8. The minimum Gasteiger partial charge on any atom is -0.383 e. The maximum atomic E-state index is 11.9. The fourth-order valence-electron chi connectivity index (χ4n) is 1.58. The summed E-state index contributed by atoms with van der Waals surface area (Å²) >= 11 is 0.